The van der Waals surface area contributed by atoms with Crippen molar-refractivity contribution in [3.05, 3.63) is 29.5 Å². The summed E-state index contributed by atoms with van der Waals surface area (Å²) in [5, 5.41) is 14.9. The summed E-state index contributed by atoms with van der Waals surface area (Å²) in [7, 11) is 0. The van der Waals surface area contributed by atoms with Crippen LogP contribution in [0.2, 0.25) is 0 Å². The smallest absolute Gasteiger partial charge is 0.227 e. The van der Waals surface area contributed by atoms with Gasteiger partial charge >= 0.3 is 0 Å². The number of H-pyrrole nitrogens is 1. The van der Waals surface area contributed by atoms with Crippen molar-refractivity contribution in [2.45, 2.75) is 26.3 Å². The van der Waals surface area contributed by atoms with Crippen LogP contribution in [0.4, 0.5) is 0 Å². The van der Waals surface area contributed by atoms with Gasteiger partial charge in [0, 0.05) is 18.5 Å². The highest BCUT2D eigenvalue weighted by Crippen LogP contribution is 2.28. The molecule has 3 rings (SSSR count). The van der Waals surface area contributed by atoms with Crippen molar-refractivity contribution < 1.29 is 9.53 Å². The molecule has 1 amide bonds. The van der Waals surface area contributed by atoms with Gasteiger partial charge in [0.25, 0.3) is 0 Å². The Labute approximate surface area is 136 Å². The number of carbonyl (C=O) groups excluding carboxylic acids is 1. The summed E-state index contributed by atoms with van der Waals surface area (Å²) in [6.07, 6.45) is 0. The third kappa shape index (κ3) is 3.23. The number of hydrogen-bond donors (Lipinski definition) is 3. The zero-order valence-corrected chi connectivity index (χ0v) is 13.9. The van der Waals surface area contributed by atoms with Gasteiger partial charge in [-0.1, -0.05) is 18.2 Å². The van der Waals surface area contributed by atoms with Crippen molar-refractivity contribution in [2.24, 2.45) is 5.92 Å². The first-order chi connectivity index (χ1) is 11.0. The highest BCUT2D eigenvalue weighted by atomic mass is 16.5. The third-order valence-corrected chi connectivity index (χ3v) is 4.34. The number of benzene rings is 1. The van der Waals surface area contributed by atoms with Gasteiger partial charge in [0.1, 0.15) is 0 Å². The Morgan fingerprint density at radius 3 is 3.09 bits per heavy atom. The quantitative estimate of drug-likeness (QED) is 0.801. The monoisotopic (exact) mass is 316 g/mol. The van der Waals surface area contributed by atoms with Crippen molar-refractivity contribution in [2.75, 3.05) is 26.3 Å². The molecule has 23 heavy (non-hydrogen) atoms. The summed E-state index contributed by atoms with van der Waals surface area (Å²) in [5.41, 5.74) is 2.45. The lowest BCUT2D eigenvalue weighted by atomic mass is 9.95. The van der Waals surface area contributed by atoms with Crippen molar-refractivity contribution in [1.82, 2.24) is 20.8 Å². The van der Waals surface area contributed by atoms with E-state index in [0.29, 0.717) is 19.8 Å². The maximum absolute atomic E-state index is 12.6. The van der Waals surface area contributed by atoms with Crippen molar-refractivity contribution in [3.63, 3.8) is 0 Å². The number of aryl methyl sites for hydroxylation is 1. The summed E-state index contributed by atoms with van der Waals surface area (Å²) < 4.78 is 5.47. The minimum absolute atomic E-state index is 0.00629. The number of nitrogens with one attached hydrogen (secondary N) is 3. The number of amides is 1. The van der Waals surface area contributed by atoms with E-state index < -0.39 is 5.54 Å². The first-order valence-electron chi connectivity index (χ1n) is 8.03. The minimum Gasteiger partial charge on any atom is -0.379 e. The van der Waals surface area contributed by atoms with E-state index in [0.717, 1.165) is 28.7 Å². The van der Waals surface area contributed by atoms with E-state index in [-0.39, 0.29) is 11.8 Å². The Morgan fingerprint density at radius 2 is 2.26 bits per heavy atom. The Balaban J connectivity index is 1.82. The summed E-state index contributed by atoms with van der Waals surface area (Å²) in [5.74, 6) is -0.183. The average molecular weight is 316 g/mol. The molecular formula is C17H24N4O2. The van der Waals surface area contributed by atoms with Crippen LogP contribution in [0.5, 0.6) is 0 Å². The van der Waals surface area contributed by atoms with Crippen molar-refractivity contribution >= 4 is 16.8 Å². The molecule has 3 N–H and O–H groups in total. The molecule has 1 aliphatic rings. The molecule has 0 saturated carbocycles. The molecule has 1 aromatic heterocycles. The highest BCUT2D eigenvalue weighted by Gasteiger charge is 2.31. The summed E-state index contributed by atoms with van der Waals surface area (Å²) in [6, 6.07) is 6.09. The minimum atomic E-state index is -0.560. The van der Waals surface area contributed by atoms with E-state index in [1.54, 1.807) is 0 Å². The molecule has 0 radical (unpaired) electrons. The summed E-state index contributed by atoms with van der Waals surface area (Å²) in [4.78, 5) is 12.6. The Hall–Kier alpha value is -1.92. The topological polar surface area (TPSA) is 79.0 Å². The van der Waals surface area contributed by atoms with Crippen LogP contribution < -0.4 is 10.6 Å². The van der Waals surface area contributed by atoms with Crippen molar-refractivity contribution in [3.8, 4) is 0 Å². The van der Waals surface area contributed by atoms with Gasteiger partial charge in [-0.25, -0.2) is 0 Å². The molecule has 0 bridgehead atoms. The third-order valence-electron chi connectivity index (χ3n) is 4.34. The Kier molecular flexibility index (Phi) is 4.37. The van der Waals surface area contributed by atoms with E-state index in [4.69, 9.17) is 4.74 Å². The number of aromatic amines is 1. The van der Waals surface area contributed by atoms with Crippen LogP contribution in [0.15, 0.2) is 18.2 Å². The van der Waals surface area contributed by atoms with Gasteiger partial charge in [0.15, 0.2) is 0 Å². The number of hydrogen-bond acceptors (Lipinski definition) is 4. The molecule has 1 aliphatic heterocycles. The van der Waals surface area contributed by atoms with Crippen LogP contribution in [0.1, 0.15) is 25.1 Å². The van der Waals surface area contributed by atoms with Gasteiger partial charge in [0.05, 0.1) is 35.9 Å². The second-order valence-corrected chi connectivity index (χ2v) is 6.66. The normalized spacial score (nSPS) is 19.5. The van der Waals surface area contributed by atoms with Gasteiger partial charge in [-0.3, -0.25) is 9.89 Å². The van der Waals surface area contributed by atoms with Crippen LogP contribution in [0, 0.1) is 12.8 Å². The van der Waals surface area contributed by atoms with Gasteiger partial charge in [-0.05, 0) is 26.3 Å². The fourth-order valence-electron chi connectivity index (χ4n) is 3.00. The van der Waals surface area contributed by atoms with Crippen LogP contribution in [-0.2, 0) is 15.1 Å². The van der Waals surface area contributed by atoms with Crippen LogP contribution >= 0.6 is 0 Å². The Morgan fingerprint density at radius 1 is 1.43 bits per heavy atom. The van der Waals surface area contributed by atoms with Crippen LogP contribution in [0.3, 0.4) is 0 Å². The second kappa shape index (κ2) is 6.29. The molecule has 2 heterocycles. The maximum Gasteiger partial charge on any atom is 0.227 e. The zero-order valence-electron chi connectivity index (χ0n) is 13.9. The number of para-hydroxylation sites is 1. The largest absolute Gasteiger partial charge is 0.379 e. The molecule has 1 fully saturated rings. The Bertz CT molecular complexity index is 700. The first kappa shape index (κ1) is 16.0. The number of carbonyl (C=O) groups is 1. The van der Waals surface area contributed by atoms with Crippen LogP contribution in [0.25, 0.3) is 10.9 Å². The number of aromatic nitrogens is 2. The fraction of sp³-hybridized carbons (Fsp3) is 0.529. The number of rotatable bonds is 3. The summed E-state index contributed by atoms with van der Waals surface area (Å²) in [6.45, 7) is 8.54. The summed E-state index contributed by atoms with van der Waals surface area (Å²) >= 11 is 0. The average Bonchev–Trinajstić information content (AvgIpc) is 2.77. The lowest BCUT2D eigenvalue weighted by molar-refractivity contribution is -0.128. The fourth-order valence-corrected chi connectivity index (χ4v) is 3.00. The molecule has 6 heteroatoms. The highest BCUT2D eigenvalue weighted by molar-refractivity contribution is 5.86. The molecule has 1 atom stereocenters. The molecule has 0 aliphatic carbocycles. The predicted octanol–water partition coefficient (Wildman–Crippen LogP) is 1.46. The van der Waals surface area contributed by atoms with Gasteiger partial charge in [-0.2, -0.15) is 5.10 Å². The predicted molar refractivity (Wildman–Crippen MR) is 89.2 cm³/mol. The zero-order chi connectivity index (χ0) is 16.4. The molecule has 0 spiro atoms. The number of fused-ring (bicyclic) bond motifs is 1. The molecule has 1 unspecified atom stereocenters. The second-order valence-electron chi connectivity index (χ2n) is 6.66. The number of ether oxygens (including phenoxy) is 1. The van der Waals surface area contributed by atoms with E-state index >= 15 is 0 Å². The van der Waals surface area contributed by atoms with Crippen molar-refractivity contribution in [1.29, 1.82) is 0 Å². The molecule has 1 saturated heterocycles. The van der Waals surface area contributed by atoms with E-state index in [1.807, 2.05) is 39.0 Å². The molecule has 1 aromatic carbocycles. The van der Waals surface area contributed by atoms with Gasteiger partial charge in [0.2, 0.25) is 5.91 Å². The lowest BCUT2D eigenvalue weighted by Gasteiger charge is -2.27. The van der Waals surface area contributed by atoms with E-state index in [9.17, 15) is 4.79 Å². The maximum atomic E-state index is 12.6. The standard InChI is InChI=1S/C17H24N4O2/c1-11-5-4-6-13-14(11)20-21-15(13)17(2,3)19-16(22)12-9-18-7-8-23-10-12/h4-6,12,18H,7-10H2,1-3H3,(H,19,22)(H,20,21). The van der Waals surface area contributed by atoms with Crippen LogP contribution in [-0.4, -0.2) is 42.4 Å². The molecule has 124 valence electrons. The number of nitrogens with zero attached hydrogens (tertiary/aromatic N) is 1. The lowest BCUT2D eigenvalue weighted by Crippen LogP contribution is -2.47. The van der Waals surface area contributed by atoms with Gasteiger partial charge in [-0.15, -0.1) is 0 Å². The molecular weight excluding hydrogens is 292 g/mol. The van der Waals surface area contributed by atoms with E-state index in [2.05, 4.69) is 20.8 Å². The molecule has 6 nitrogen and oxygen atoms in total. The first-order valence-corrected chi connectivity index (χ1v) is 8.03. The van der Waals surface area contributed by atoms with Gasteiger partial charge < -0.3 is 15.4 Å². The van der Waals surface area contributed by atoms with E-state index in [1.165, 1.54) is 0 Å². The molecule has 2 aromatic rings. The SMILES string of the molecule is Cc1cccc2c(C(C)(C)NC(=O)C3CNCCOC3)n[nH]c12.